The van der Waals surface area contributed by atoms with Gasteiger partial charge in [-0.25, -0.2) is 14.5 Å². The molecule has 34 heavy (non-hydrogen) atoms. The van der Waals surface area contributed by atoms with Crippen LogP contribution >= 0.6 is 0 Å². The zero-order chi connectivity index (χ0) is 24.4. The average Bonchev–Trinajstić information content (AvgIpc) is 2.85. The van der Waals surface area contributed by atoms with Crippen LogP contribution in [0.1, 0.15) is 32.1 Å². The fourth-order valence-electron chi connectivity index (χ4n) is 3.20. The van der Waals surface area contributed by atoms with Crippen molar-refractivity contribution in [3.8, 4) is 24.0 Å². The lowest BCUT2D eigenvalue weighted by molar-refractivity contribution is 0.129. The first-order valence-corrected chi connectivity index (χ1v) is 11.0. The molecule has 0 bridgehead atoms. The third-order valence-electron chi connectivity index (χ3n) is 4.89. The molecule has 2 rings (SSSR count). The van der Waals surface area contributed by atoms with E-state index in [1.165, 1.54) is 0 Å². The van der Waals surface area contributed by atoms with Crippen LogP contribution in [0.4, 0.5) is 9.59 Å². The van der Waals surface area contributed by atoms with Gasteiger partial charge in [0.05, 0.1) is 0 Å². The van der Waals surface area contributed by atoms with Crippen LogP contribution in [0, 0.1) is 29.0 Å². The van der Waals surface area contributed by atoms with E-state index < -0.39 is 12.2 Å². The number of rotatable bonds is 13. The highest BCUT2D eigenvalue weighted by Gasteiger charge is 2.25. The molecular weight excluding hydrogens is 438 g/mol. The van der Waals surface area contributed by atoms with E-state index in [2.05, 4.69) is 4.74 Å². The summed E-state index contributed by atoms with van der Waals surface area (Å²) in [6.45, 7) is 0.670. The van der Waals surface area contributed by atoms with Gasteiger partial charge in [0.25, 0.3) is 12.5 Å². The predicted molar refractivity (Wildman–Crippen MR) is 121 cm³/mol. The Morgan fingerprint density at radius 2 is 1.29 bits per heavy atom. The molecule has 9 nitrogen and oxygen atoms in total. The van der Waals surface area contributed by atoms with Crippen LogP contribution in [-0.2, 0) is 9.47 Å². The van der Waals surface area contributed by atoms with Crippen molar-refractivity contribution < 1.29 is 28.5 Å². The molecule has 0 spiro atoms. The normalized spacial score (nSPS) is 10.8. The van der Waals surface area contributed by atoms with Crippen LogP contribution in [0.3, 0.4) is 0 Å². The van der Waals surface area contributed by atoms with E-state index in [0.29, 0.717) is 43.8 Å². The molecule has 1 unspecified atom stereocenters. The molecule has 2 aromatic rings. The van der Waals surface area contributed by atoms with Gasteiger partial charge in [-0.2, -0.15) is 10.5 Å². The van der Waals surface area contributed by atoms with Gasteiger partial charge < -0.3 is 18.9 Å². The molecule has 2 amide bonds. The van der Waals surface area contributed by atoms with Crippen LogP contribution in [0.15, 0.2) is 60.7 Å². The minimum absolute atomic E-state index is 0.0860. The van der Waals surface area contributed by atoms with Crippen molar-refractivity contribution in [1.82, 2.24) is 4.90 Å². The van der Waals surface area contributed by atoms with Crippen LogP contribution in [0.5, 0.6) is 11.5 Å². The van der Waals surface area contributed by atoms with Crippen molar-refractivity contribution in [2.45, 2.75) is 32.1 Å². The summed E-state index contributed by atoms with van der Waals surface area (Å²) < 4.78 is 20.2. The van der Waals surface area contributed by atoms with Crippen LogP contribution in [0.2, 0.25) is 0 Å². The topological polar surface area (TPSA) is 122 Å². The van der Waals surface area contributed by atoms with Gasteiger partial charge in [0.1, 0.15) is 24.7 Å². The van der Waals surface area contributed by atoms with Crippen molar-refractivity contribution in [1.29, 1.82) is 10.5 Å². The Kier molecular flexibility index (Phi) is 11.9. The van der Waals surface area contributed by atoms with Gasteiger partial charge in [0, 0.05) is 6.54 Å². The smallest absolute Gasteiger partial charge is 0.424 e. The molecule has 1 atom stereocenters. The number of benzene rings is 2. The van der Waals surface area contributed by atoms with E-state index in [4.69, 9.17) is 24.7 Å². The SMILES string of the molecule is N#COCCCC(CCCCN(C(=O)Oc1ccccc1)C(=O)Oc1ccccc1)COC#N. The van der Waals surface area contributed by atoms with Gasteiger partial charge in [0.2, 0.25) is 0 Å². The maximum Gasteiger partial charge on any atom is 0.424 e. The molecule has 0 aromatic heterocycles. The number of hydrogen-bond donors (Lipinski definition) is 0. The van der Waals surface area contributed by atoms with Gasteiger partial charge in [-0.15, -0.1) is 0 Å². The summed E-state index contributed by atoms with van der Waals surface area (Å²) in [6.07, 6.45) is 4.91. The summed E-state index contributed by atoms with van der Waals surface area (Å²) in [5, 5.41) is 17.1. The standard InChI is InChI=1S/C25H27N3O6/c26-19-31-17-9-11-21(18-32-20-27)10-7-8-16-28(24(29)33-22-12-3-1-4-13-22)25(30)34-23-14-5-2-6-15-23/h1-6,12-15,21H,7-11,16-18H2. The Bertz CT molecular complexity index is 903. The third-order valence-corrected chi connectivity index (χ3v) is 4.89. The number of imide groups is 1. The van der Waals surface area contributed by atoms with E-state index in [9.17, 15) is 9.59 Å². The molecule has 0 saturated heterocycles. The third kappa shape index (κ3) is 9.92. The average molecular weight is 466 g/mol. The molecule has 0 saturated carbocycles. The fourth-order valence-corrected chi connectivity index (χ4v) is 3.20. The van der Waals surface area contributed by atoms with Gasteiger partial charge >= 0.3 is 12.2 Å². The minimum Gasteiger partial charge on any atom is -0.428 e. The number of ether oxygens (including phenoxy) is 4. The second-order valence-corrected chi connectivity index (χ2v) is 7.36. The lowest BCUT2D eigenvalue weighted by Crippen LogP contribution is -2.41. The molecule has 9 heteroatoms. The van der Waals surface area contributed by atoms with Crippen LogP contribution < -0.4 is 9.47 Å². The quantitative estimate of drug-likeness (QED) is 0.290. The minimum atomic E-state index is -0.829. The summed E-state index contributed by atoms with van der Waals surface area (Å²) in [5.41, 5.74) is 0. The molecule has 0 heterocycles. The lowest BCUT2D eigenvalue weighted by Gasteiger charge is -2.20. The highest BCUT2D eigenvalue weighted by molar-refractivity contribution is 5.89. The Labute approximate surface area is 199 Å². The first-order valence-electron chi connectivity index (χ1n) is 11.0. The van der Waals surface area contributed by atoms with Gasteiger partial charge in [-0.1, -0.05) is 42.8 Å². The molecule has 2 aromatic carbocycles. The summed E-state index contributed by atoms with van der Waals surface area (Å²) in [6, 6.07) is 16.9. The first kappa shape index (κ1) is 26.0. The summed E-state index contributed by atoms with van der Waals surface area (Å²) in [7, 11) is 0. The van der Waals surface area contributed by atoms with E-state index in [0.717, 1.165) is 11.3 Å². The van der Waals surface area contributed by atoms with Crippen molar-refractivity contribution in [3.63, 3.8) is 0 Å². The maximum atomic E-state index is 12.7. The van der Waals surface area contributed by atoms with E-state index in [1.807, 2.05) is 0 Å². The molecular formula is C25H27N3O6. The molecule has 0 fully saturated rings. The zero-order valence-corrected chi connectivity index (χ0v) is 18.8. The molecule has 0 aliphatic carbocycles. The van der Waals surface area contributed by atoms with E-state index in [-0.39, 0.29) is 19.1 Å². The molecule has 178 valence electrons. The van der Waals surface area contributed by atoms with Gasteiger partial charge in [-0.3, -0.25) is 0 Å². The number of carbonyl (C=O) groups excluding carboxylic acids is 2. The second-order valence-electron chi connectivity index (χ2n) is 7.36. The molecule has 0 radical (unpaired) electrons. The van der Waals surface area contributed by atoms with E-state index in [1.54, 1.807) is 73.2 Å². The zero-order valence-electron chi connectivity index (χ0n) is 18.8. The molecule has 0 N–H and O–H groups in total. The Balaban J connectivity index is 1.94. The lowest BCUT2D eigenvalue weighted by atomic mass is 9.97. The molecule has 0 aliphatic heterocycles. The summed E-state index contributed by atoms with van der Waals surface area (Å²) >= 11 is 0. The number of nitrogens with zero attached hydrogens (tertiary/aromatic N) is 3. The first-order chi connectivity index (χ1) is 16.6. The highest BCUT2D eigenvalue weighted by atomic mass is 16.6. The van der Waals surface area contributed by atoms with Gasteiger partial charge in [-0.05, 0) is 55.9 Å². The monoisotopic (exact) mass is 465 g/mol. The summed E-state index contributed by atoms with van der Waals surface area (Å²) in [5.74, 6) is 0.722. The Hall–Kier alpha value is -4.24. The van der Waals surface area contributed by atoms with Gasteiger partial charge in [0.15, 0.2) is 0 Å². The number of unbranched alkanes of at least 4 members (excludes halogenated alkanes) is 1. The van der Waals surface area contributed by atoms with Crippen molar-refractivity contribution in [2.24, 2.45) is 5.92 Å². The Morgan fingerprint density at radius 3 is 1.82 bits per heavy atom. The van der Waals surface area contributed by atoms with E-state index >= 15 is 0 Å². The molecule has 0 aliphatic rings. The fraction of sp³-hybridized carbons (Fsp3) is 0.360. The van der Waals surface area contributed by atoms with Crippen molar-refractivity contribution >= 4 is 12.2 Å². The maximum absolute atomic E-state index is 12.7. The Morgan fingerprint density at radius 1 is 0.765 bits per heavy atom. The number of carbonyl (C=O) groups is 2. The highest BCUT2D eigenvalue weighted by Crippen LogP contribution is 2.18. The second kappa shape index (κ2) is 15.5. The number of para-hydroxylation sites is 2. The number of nitriles is 2. The number of hydrogen-bond acceptors (Lipinski definition) is 8. The van der Waals surface area contributed by atoms with Crippen LogP contribution in [0.25, 0.3) is 0 Å². The summed E-state index contributed by atoms with van der Waals surface area (Å²) in [4.78, 5) is 26.4. The number of amides is 2. The predicted octanol–water partition coefficient (Wildman–Crippen LogP) is 5.25. The van der Waals surface area contributed by atoms with Crippen molar-refractivity contribution in [3.05, 3.63) is 60.7 Å². The largest absolute Gasteiger partial charge is 0.428 e. The van der Waals surface area contributed by atoms with Crippen molar-refractivity contribution in [2.75, 3.05) is 19.8 Å². The van der Waals surface area contributed by atoms with Crippen LogP contribution in [-0.4, -0.2) is 36.8 Å².